The summed E-state index contributed by atoms with van der Waals surface area (Å²) >= 11 is 11.8. The number of ether oxygens (including phenoxy) is 1. The van der Waals surface area contributed by atoms with Gasteiger partial charge in [0.2, 0.25) is 5.90 Å². The fourth-order valence-electron chi connectivity index (χ4n) is 1.50. The zero-order valence-electron chi connectivity index (χ0n) is 11.9. The predicted octanol–water partition coefficient (Wildman–Crippen LogP) is 2.48. The maximum atomic E-state index is 11.2. The van der Waals surface area contributed by atoms with Crippen LogP contribution in [0.25, 0.3) is 0 Å². The highest BCUT2D eigenvalue weighted by Gasteiger charge is 2.33. The van der Waals surface area contributed by atoms with E-state index in [9.17, 15) is 9.90 Å². The summed E-state index contributed by atoms with van der Waals surface area (Å²) in [6.07, 6.45) is 0. The Labute approximate surface area is 133 Å². The van der Waals surface area contributed by atoms with Crippen LogP contribution in [-0.4, -0.2) is 30.7 Å². The van der Waals surface area contributed by atoms with E-state index >= 15 is 0 Å². The molecule has 6 nitrogen and oxygen atoms in total. The van der Waals surface area contributed by atoms with E-state index in [0.717, 1.165) is 0 Å². The summed E-state index contributed by atoms with van der Waals surface area (Å²) in [6.45, 7) is 3.48. The van der Waals surface area contributed by atoms with Gasteiger partial charge in [-0.25, -0.2) is 10.2 Å². The summed E-state index contributed by atoms with van der Waals surface area (Å²) in [4.78, 5) is 11.2. The number of nitrogens with one attached hydrogen (secondary N) is 2. The second-order valence-corrected chi connectivity index (χ2v) is 5.06. The Morgan fingerprint density at radius 2 is 2.10 bits per heavy atom. The Hall–Kier alpha value is -1.50. The number of carbonyl (C=O) groups excluding carboxylic acids is 1. The topological polar surface area (TPSA) is 83.0 Å². The molecule has 0 aromatic heterocycles. The average molecular weight is 334 g/mol. The normalized spacial score (nSPS) is 14.3. The number of rotatable bonds is 4. The second-order valence-electron chi connectivity index (χ2n) is 4.24. The van der Waals surface area contributed by atoms with Crippen molar-refractivity contribution in [2.75, 3.05) is 13.7 Å². The van der Waals surface area contributed by atoms with E-state index in [2.05, 4.69) is 15.8 Å². The molecular formula is C13H17Cl2N3O3. The molecule has 0 fully saturated rings. The number of nitrogens with zero attached hydrogens (tertiary/aromatic N) is 1. The van der Waals surface area contributed by atoms with Gasteiger partial charge in [-0.15, -0.1) is 5.10 Å². The van der Waals surface area contributed by atoms with Gasteiger partial charge in [0.05, 0.1) is 16.7 Å². The maximum absolute atomic E-state index is 11.2. The first-order valence-electron chi connectivity index (χ1n) is 6.19. The van der Waals surface area contributed by atoms with Crippen LogP contribution < -0.4 is 10.7 Å². The minimum atomic E-state index is -1.58. The van der Waals surface area contributed by atoms with Crippen molar-refractivity contribution in [1.29, 1.82) is 0 Å². The molecule has 3 N–H and O–H groups in total. The Bertz CT molecular complexity index is 547. The third kappa shape index (κ3) is 4.49. The monoisotopic (exact) mass is 333 g/mol. The van der Waals surface area contributed by atoms with Crippen LogP contribution >= 0.6 is 23.2 Å². The first-order valence-corrected chi connectivity index (χ1v) is 6.95. The van der Waals surface area contributed by atoms with Crippen LogP contribution in [0.3, 0.4) is 0 Å². The van der Waals surface area contributed by atoms with Gasteiger partial charge in [-0.3, -0.25) is 0 Å². The Kier molecular flexibility index (Phi) is 6.26. The van der Waals surface area contributed by atoms with Gasteiger partial charge >= 0.3 is 6.03 Å². The van der Waals surface area contributed by atoms with E-state index < -0.39 is 11.6 Å². The van der Waals surface area contributed by atoms with Crippen molar-refractivity contribution in [1.82, 2.24) is 10.7 Å². The van der Waals surface area contributed by atoms with Gasteiger partial charge in [-0.2, -0.15) is 0 Å². The van der Waals surface area contributed by atoms with E-state index in [4.69, 9.17) is 27.9 Å². The molecule has 0 spiro atoms. The molecule has 0 aliphatic rings. The highest BCUT2D eigenvalue weighted by Crippen LogP contribution is 2.29. The van der Waals surface area contributed by atoms with Gasteiger partial charge in [-0.1, -0.05) is 29.3 Å². The van der Waals surface area contributed by atoms with Crippen molar-refractivity contribution in [3.05, 3.63) is 33.8 Å². The molecule has 1 rings (SSSR count). The number of urea groups is 1. The van der Waals surface area contributed by atoms with Gasteiger partial charge in [-0.05, 0) is 31.5 Å². The lowest BCUT2D eigenvalue weighted by Crippen LogP contribution is -2.38. The Balaban J connectivity index is 3.13. The fraction of sp³-hybridized carbons (Fsp3) is 0.385. The van der Waals surface area contributed by atoms with Crippen LogP contribution in [0, 0.1) is 0 Å². The number of halogens is 2. The molecule has 0 aliphatic carbocycles. The molecular weight excluding hydrogens is 317 g/mol. The standard InChI is InChI=1S/C13H17Cl2N3O3/c1-4-21-11(17-18-12(19)16-3)13(2,20)8-5-6-9(14)10(15)7-8/h5-7,20H,4H2,1-3H3,(H2,16,18,19)/b17-11+. The van der Waals surface area contributed by atoms with Crippen LogP contribution in [0.1, 0.15) is 19.4 Å². The SMILES string of the molecule is CCO/C(=N/NC(=O)NC)C(C)(O)c1ccc(Cl)c(Cl)c1. The van der Waals surface area contributed by atoms with Crippen LogP contribution in [0.5, 0.6) is 0 Å². The lowest BCUT2D eigenvalue weighted by Gasteiger charge is -2.25. The predicted molar refractivity (Wildman–Crippen MR) is 82.7 cm³/mol. The average Bonchev–Trinajstić information content (AvgIpc) is 2.45. The smallest absolute Gasteiger partial charge is 0.335 e. The number of amides is 2. The third-order valence-electron chi connectivity index (χ3n) is 2.67. The third-order valence-corrected chi connectivity index (χ3v) is 3.40. The van der Waals surface area contributed by atoms with Crippen molar-refractivity contribution in [2.45, 2.75) is 19.4 Å². The second kappa shape index (κ2) is 7.49. The molecule has 116 valence electrons. The zero-order valence-corrected chi connectivity index (χ0v) is 13.4. The molecule has 2 amide bonds. The molecule has 0 saturated carbocycles. The van der Waals surface area contributed by atoms with E-state index in [1.807, 2.05) is 0 Å². The fourth-order valence-corrected chi connectivity index (χ4v) is 1.80. The Morgan fingerprint density at radius 1 is 1.43 bits per heavy atom. The van der Waals surface area contributed by atoms with Crippen LogP contribution in [0.15, 0.2) is 23.3 Å². The highest BCUT2D eigenvalue weighted by molar-refractivity contribution is 6.42. The zero-order chi connectivity index (χ0) is 16.0. The van der Waals surface area contributed by atoms with E-state index in [1.165, 1.54) is 20.0 Å². The van der Waals surface area contributed by atoms with E-state index in [0.29, 0.717) is 15.6 Å². The molecule has 21 heavy (non-hydrogen) atoms. The summed E-state index contributed by atoms with van der Waals surface area (Å²) < 4.78 is 5.31. The summed E-state index contributed by atoms with van der Waals surface area (Å²) in [6, 6.07) is 4.14. The lowest BCUT2D eigenvalue weighted by molar-refractivity contribution is 0.0954. The minimum absolute atomic E-state index is 0.0630. The summed E-state index contributed by atoms with van der Waals surface area (Å²) in [7, 11) is 1.45. The molecule has 0 bridgehead atoms. The highest BCUT2D eigenvalue weighted by atomic mass is 35.5. The number of hydrazone groups is 1. The molecule has 0 heterocycles. The van der Waals surface area contributed by atoms with Crippen molar-refractivity contribution >= 4 is 35.1 Å². The van der Waals surface area contributed by atoms with Gasteiger partial charge in [0.15, 0.2) is 5.60 Å². The summed E-state index contributed by atoms with van der Waals surface area (Å²) in [5.74, 6) is -0.0630. The first-order chi connectivity index (χ1) is 9.82. The van der Waals surface area contributed by atoms with Crippen molar-refractivity contribution < 1.29 is 14.6 Å². The van der Waals surface area contributed by atoms with Gasteiger partial charge in [0.25, 0.3) is 0 Å². The number of carbonyl (C=O) groups is 1. The van der Waals surface area contributed by atoms with Gasteiger partial charge in [0.1, 0.15) is 0 Å². The van der Waals surface area contributed by atoms with Gasteiger partial charge < -0.3 is 15.2 Å². The number of benzene rings is 1. The quantitative estimate of drug-likeness (QED) is 0.449. The largest absolute Gasteiger partial charge is 0.478 e. The van der Waals surface area contributed by atoms with Crippen molar-refractivity contribution in [3.8, 4) is 0 Å². The first kappa shape index (κ1) is 17.6. The molecule has 1 unspecified atom stereocenters. The van der Waals surface area contributed by atoms with E-state index in [1.54, 1.807) is 19.1 Å². The number of aliphatic hydroxyl groups is 1. The molecule has 1 aromatic carbocycles. The van der Waals surface area contributed by atoms with Crippen LogP contribution in [0.4, 0.5) is 4.79 Å². The molecule has 0 aliphatic heterocycles. The molecule has 1 atom stereocenters. The minimum Gasteiger partial charge on any atom is -0.478 e. The summed E-state index contributed by atoms with van der Waals surface area (Å²) in [5, 5.41) is 17.4. The molecule has 8 heteroatoms. The van der Waals surface area contributed by atoms with E-state index in [-0.39, 0.29) is 12.5 Å². The van der Waals surface area contributed by atoms with Crippen LogP contribution in [-0.2, 0) is 10.3 Å². The lowest BCUT2D eigenvalue weighted by atomic mass is 9.96. The molecule has 0 radical (unpaired) electrons. The van der Waals surface area contributed by atoms with Crippen molar-refractivity contribution in [3.63, 3.8) is 0 Å². The maximum Gasteiger partial charge on any atom is 0.335 e. The number of hydrogen-bond acceptors (Lipinski definition) is 4. The van der Waals surface area contributed by atoms with Crippen LogP contribution in [0.2, 0.25) is 10.0 Å². The van der Waals surface area contributed by atoms with Gasteiger partial charge in [0, 0.05) is 7.05 Å². The van der Waals surface area contributed by atoms with Crippen molar-refractivity contribution in [2.24, 2.45) is 5.10 Å². The molecule has 0 saturated heterocycles. The summed E-state index contributed by atoms with van der Waals surface area (Å²) in [5.41, 5.74) is 1.07. The number of hydrogen-bond donors (Lipinski definition) is 3. The Morgan fingerprint density at radius 3 is 2.62 bits per heavy atom. The molecule has 1 aromatic rings.